The molecule has 116 valence electrons. The summed E-state index contributed by atoms with van der Waals surface area (Å²) in [6.07, 6.45) is 1.18. The lowest BCUT2D eigenvalue weighted by atomic mass is 9.99. The Kier molecular flexibility index (Phi) is 8.59. The molecule has 0 radical (unpaired) electrons. The number of carbonyl (C=O) groups excluding carboxylic acids is 2. The zero-order valence-electron chi connectivity index (χ0n) is 12.7. The minimum absolute atomic E-state index is 0.0874. The van der Waals surface area contributed by atoms with E-state index in [1.54, 1.807) is 6.92 Å². The zero-order valence-corrected chi connectivity index (χ0v) is 12.7. The second-order valence-electron chi connectivity index (χ2n) is 5.47. The van der Waals surface area contributed by atoms with E-state index >= 15 is 0 Å². The Hall–Kier alpha value is -1.59. The molecular formula is C14H26N2O4. The van der Waals surface area contributed by atoms with Crippen LogP contribution in [-0.4, -0.2) is 35.5 Å². The van der Waals surface area contributed by atoms with Gasteiger partial charge in [-0.2, -0.15) is 0 Å². The Bertz CT molecular complexity index is 342. The second-order valence-corrected chi connectivity index (χ2v) is 5.47. The molecule has 2 atom stereocenters. The normalized spacial score (nSPS) is 13.7. The van der Waals surface area contributed by atoms with Crippen LogP contribution in [-0.2, 0) is 14.4 Å². The molecule has 0 aromatic heterocycles. The van der Waals surface area contributed by atoms with Crippen LogP contribution in [0.15, 0.2) is 0 Å². The first-order chi connectivity index (χ1) is 9.27. The first-order valence-corrected chi connectivity index (χ1v) is 7.06. The van der Waals surface area contributed by atoms with E-state index in [0.29, 0.717) is 12.8 Å². The quantitative estimate of drug-likeness (QED) is 0.592. The molecule has 0 aliphatic heterocycles. The molecule has 0 aromatic rings. The Labute approximate surface area is 120 Å². The predicted octanol–water partition coefficient (Wildman–Crippen LogP) is 1.15. The smallest absolute Gasteiger partial charge is 0.326 e. The Balaban J connectivity index is 4.09. The number of rotatable bonds is 9. The molecule has 6 nitrogen and oxygen atoms in total. The summed E-state index contributed by atoms with van der Waals surface area (Å²) >= 11 is 0. The molecule has 0 aliphatic carbocycles. The molecule has 0 saturated carbocycles. The van der Waals surface area contributed by atoms with Crippen molar-refractivity contribution in [3.63, 3.8) is 0 Å². The summed E-state index contributed by atoms with van der Waals surface area (Å²) in [5.41, 5.74) is 0. The van der Waals surface area contributed by atoms with Crippen LogP contribution in [0, 0.1) is 11.8 Å². The number of hydrogen-bond acceptors (Lipinski definition) is 3. The molecular weight excluding hydrogens is 260 g/mol. The minimum atomic E-state index is -1.03. The van der Waals surface area contributed by atoms with Crippen molar-refractivity contribution in [1.82, 2.24) is 10.6 Å². The average molecular weight is 286 g/mol. The molecule has 0 fully saturated rings. The van der Waals surface area contributed by atoms with E-state index in [9.17, 15) is 14.4 Å². The van der Waals surface area contributed by atoms with E-state index in [1.165, 1.54) is 0 Å². The van der Waals surface area contributed by atoms with Crippen LogP contribution in [0.4, 0.5) is 0 Å². The van der Waals surface area contributed by atoms with Crippen molar-refractivity contribution < 1.29 is 19.5 Å². The fourth-order valence-corrected chi connectivity index (χ4v) is 1.69. The molecule has 0 aliphatic rings. The lowest BCUT2D eigenvalue weighted by molar-refractivity contribution is -0.143. The molecule has 0 rings (SSSR count). The molecule has 0 saturated heterocycles. The van der Waals surface area contributed by atoms with Crippen molar-refractivity contribution in [3.8, 4) is 0 Å². The first kappa shape index (κ1) is 18.4. The fraction of sp³-hybridized carbons (Fsp3) is 0.786. The van der Waals surface area contributed by atoms with Gasteiger partial charge in [-0.05, 0) is 11.8 Å². The molecule has 20 heavy (non-hydrogen) atoms. The van der Waals surface area contributed by atoms with E-state index in [-0.39, 0.29) is 36.6 Å². The Morgan fingerprint density at radius 3 is 2.15 bits per heavy atom. The van der Waals surface area contributed by atoms with Crippen molar-refractivity contribution in [1.29, 1.82) is 0 Å². The van der Waals surface area contributed by atoms with Crippen molar-refractivity contribution in [3.05, 3.63) is 0 Å². The van der Waals surface area contributed by atoms with Gasteiger partial charge in [0.2, 0.25) is 11.8 Å². The zero-order chi connectivity index (χ0) is 15.7. The number of aliphatic carboxylic acids is 1. The van der Waals surface area contributed by atoms with Crippen LogP contribution in [0.3, 0.4) is 0 Å². The monoisotopic (exact) mass is 286 g/mol. The highest BCUT2D eigenvalue weighted by Crippen LogP contribution is 2.08. The van der Waals surface area contributed by atoms with E-state index in [4.69, 9.17) is 5.11 Å². The van der Waals surface area contributed by atoms with Gasteiger partial charge in [-0.1, -0.05) is 34.1 Å². The van der Waals surface area contributed by atoms with Gasteiger partial charge in [-0.25, -0.2) is 4.79 Å². The highest BCUT2D eigenvalue weighted by Gasteiger charge is 2.24. The van der Waals surface area contributed by atoms with E-state index < -0.39 is 12.0 Å². The first-order valence-electron chi connectivity index (χ1n) is 7.06. The Morgan fingerprint density at radius 2 is 1.70 bits per heavy atom. The third-order valence-corrected chi connectivity index (χ3v) is 3.06. The fourth-order valence-electron chi connectivity index (χ4n) is 1.69. The number of carboxylic acids is 1. The third kappa shape index (κ3) is 7.76. The van der Waals surface area contributed by atoms with Gasteiger partial charge in [0.25, 0.3) is 0 Å². The molecule has 2 amide bonds. The third-order valence-electron chi connectivity index (χ3n) is 3.06. The van der Waals surface area contributed by atoms with Gasteiger partial charge in [-0.3, -0.25) is 9.59 Å². The number of carbonyl (C=O) groups is 3. The van der Waals surface area contributed by atoms with Gasteiger partial charge < -0.3 is 15.7 Å². The van der Waals surface area contributed by atoms with Gasteiger partial charge in [0.1, 0.15) is 6.04 Å². The summed E-state index contributed by atoms with van der Waals surface area (Å²) in [7, 11) is 0. The van der Waals surface area contributed by atoms with Crippen molar-refractivity contribution in [2.24, 2.45) is 11.8 Å². The standard InChI is InChI=1S/C14H26N2O4/c1-5-10(4)13(14(19)20)16-11(17)6-7-15-12(18)8-9(2)3/h9-10,13H,5-8H2,1-4H3,(H,15,18)(H,16,17)(H,19,20)/t10-,13-/m0/s1. The number of carboxylic acid groups (broad SMARTS) is 1. The lowest BCUT2D eigenvalue weighted by Crippen LogP contribution is -2.45. The van der Waals surface area contributed by atoms with Crippen molar-refractivity contribution in [2.75, 3.05) is 6.54 Å². The van der Waals surface area contributed by atoms with Crippen molar-refractivity contribution in [2.45, 2.75) is 53.0 Å². The van der Waals surface area contributed by atoms with E-state index in [2.05, 4.69) is 10.6 Å². The molecule has 3 N–H and O–H groups in total. The number of amides is 2. The molecule has 0 unspecified atom stereocenters. The van der Waals surface area contributed by atoms with Gasteiger partial charge in [-0.15, -0.1) is 0 Å². The summed E-state index contributed by atoms with van der Waals surface area (Å²) in [6, 6.07) is -0.876. The number of nitrogens with one attached hydrogen (secondary N) is 2. The van der Waals surface area contributed by atoms with Crippen LogP contribution >= 0.6 is 0 Å². The minimum Gasteiger partial charge on any atom is -0.480 e. The molecule has 0 bridgehead atoms. The molecule has 0 aromatic carbocycles. The summed E-state index contributed by atoms with van der Waals surface area (Å²) in [5.74, 6) is -1.35. The largest absolute Gasteiger partial charge is 0.480 e. The van der Waals surface area contributed by atoms with E-state index in [0.717, 1.165) is 0 Å². The maximum atomic E-state index is 11.7. The highest BCUT2D eigenvalue weighted by molar-refractivity contribution is 5.84. The summed E-state index contributed by atoms with van der Waals surface area (Å²) in [4.78, 5) is 34.1. The topological polar surface area (TPSA) is 95.5 Å². The Morgan fingerprint density at radius 1 is 1.10 bits per heavy atom. The van der Waals surface area contributed by atoms with Gasteiger partial charge in [0.15, 0.2) is 0 Å². The average Bonchev–Trinajstić information content (AvgIpc) is 2.33. The van der Waals surface area contributed by atoms with Crippen LogP contribution in [0.25, 0.3) is 0 Å². The van der Waals surface area contributed by atoms with Crippen LogP contribution in [0.5, 0.6) is 0 Å². The predicted molar refractivity (Wildman–Crippen MR) is 76.1 cm³/mol. The SMILES string of the molecule is CC[C@H](C)[C@H](NC(=O)CCNC(=O)CC(C)C)C(=O)O. The molecule has 0 spiro atoms. The maximum Gasteiger partial charge on any atom is 0.326 e. The van der Waals surface area contributed by atoms with Crippen LogP contribution in [0.1, 0.15) is 47.0 Å². The van der Waals surface area contributed by atoms with Gasteiger partial charge in [0, 0.05) is 19.4 Å². The van der Waals surface area contributed by atoms with Gasteiger partial charge in [0.05, 0.1) is 0 Å². The highest BCUT2D eigenvalue weighted by atomic mass is 16.4. The lowest BCUT2D eigenvalue weighted by Gasteiger charge is -2.20. The van der Waals surface area contributed by atoms with Crippen LogP contribution in [0.2, 0.25) is 0 Å². The van der Waals surface area contributed by atoms with E-state index in [1.807, 2.05) is 20.8 Å². The summed E-state index contributed by atoms with van der Waals surface area (Å²) < 4.78 is 0. The van der Waals surface area contributed by atoms with Crippen LogP contribution < -0.4 is 10.6 Å². The van der Waals surface area contributed by atoms with Gasteiger partial charge >= 0.3 is 5.97 Å². The molecule has 0 heterocycles. The van der Waals surface area contributed by atoms with Crippen molar-refractivity contribution >= 4 is 17.8 Å². The second kappa shape index (κ2) is 9.34. The summed E-state index contributed by atoms with van der Waals surface area (Å²) in [6.45, 7) is 7.76. The molecule has 6 heteroatoms. The summed E-state index contributed by atoms with van der Waals surface area (Å²) in [5, 5.41) is 14.2. The maximum absolute atomic E-state index is 11.7. The number of hydrogen-bond donors (Lipinski definition) is 3.